The Kier molecular flexibility index (Phi) is 4.25. The van der Waals surface area contributed by atoms with Crippen molar-refractivity contribution in [3.05, 3.63) is 77.6 Å². The van der Waals surface area contributed by atoms with Crippen molar-refractivity contribution in [1.29, 1.82) is 0 Å². The number of sulfone groups is 1. The van der Waals surface area contributed by atoms with Gasteiger partial charge in [-0.3, -0.25) is 4.57 Å². The molecule has 1 heterocycles. The van der Waals surface area contributed by atoms with E-state index in [0.717, 1.165) is 11.1 Å². The molecule has 0 amide bonds. The summed E-state index contributed by atoms with van der Waals surface area (Å²) in [5.74, 6) is 0.501. The maximum Gasteiger partial charge on any atom is 0.250 e. The molecule has 5 nitrogen and oxygen atoms in total. The zero-order valence-corrected chi connectivity index (χ0v) is 13.6. The van der Waals surface area contributed by atoms with Gasteiger partial charge in [0.15, 0.2) is 0 Å². The van der Waals surface area contributed by atoms with Gasteiger partial charge in [-0.1, -0.05) is 60.7 Å². The number of nitrogens with zero attached hydrogens (tertiary/aromatic N) is 3. The van der Waals surface area contributed by atoms with Crippen LogP contribution in [0.25, 0.3) is 0 Å². The molecule has 0 N–H and O–H groups in total. The fourth-order valence-electron chi connectivity index (χ4n) is 2.40. The third-order valence-electron chi connectivity index (χ3n) is 3.56. The molecule has 23 heavy (non-hydrogen) atoms. The normalized spacial score (nSPS) is 11.5. The second-order valence-corrected chi connectivity index (χ2v) is 7.23. The summed E-state index contributed by atoms with van der Waals surface area (Å²) in [6.07, 6.45) is 0. The summed E-state index contributed by atoms with van der Waals surface area (Å²) in [7, 11) is -3.55. The smallest absolute Gasteiger partial charge is 0.250 e. The number of rotatable bonds is 5. The summed E-state index contributed by atoms with van der Waals surface area (Å²) >= 11 is 0. The molecule has 0 aliphatic rings. The molecular weight excluding hydrogens is 310 g/mol. The Morgan fingerprint density at radius 1 is 0.870 bits per heavy atom. The highest BCUT2D eigenvalue weighted by Crippen LogP contribution is 2.17. The SMILES string of the molecule is Cc1nnc(S(=O)(=O)Cc2ccccc2)n1Cc1ccccc1. The molecular formula is C17H17N3O2S. The van der Waals surface area contributed by atoms with Crippen LogP contribution in [-0.2, 0) is 22.1 Å². The maximum absolute atomic E-state index is 12.7. The van der Waals surface area contributed by atoms with Crippen molar-refractivity contribution >= 4 is 9.84 Å². The van der Waals surface area contributed by atoms with Gasteiger partial charge < -0.3 is 0 Å². The van der Waals surface area contributed by atoms with Gasteiger partial charge >= 0.3 is 0 Å². The lowest BCUT2D eigenvalue weighted by molar-refractivity contribution is 0.569. The number of benzene rings is 2. The van der Waals surface area contributed by atoms with Crippen molar-refractivity contribution in [3.8, 4) is 0 Å². The van der Waals surface area contributed by atoms with Gasteiger partial charge in [-0.05, 0) is 18.1 Å². The van der Waals surface area contributed by atoms with Crippen molar-refractivity contribution < 1.29 is 8.42 Å². The quantitative estimate of drug-likeness (QED) is 0.722. The van der Waals surface area contributed by atoms with Crippen LogP contribution < -0.4 is 0 Å². The molecule has 0 radical (unpaired) electrons. The Bertz CT molecular complexity index is 888. The van der Waals surface area contributed by atoms with Gasteiger partial charge in [-0.2, -0.15) is 0 Å². The van der Waals surface area contributed by atoms with E-state index in [4.69, 9.17) is 0 Å². The Morgan fingerprint density at radius 2 is 1.43 bits per heavy atom. The summed E-state index contributed by atoms with van der Waals surface area (Å²) in [5.41, 5.74) is 1.74. The van der Waals surface area contributed by atoms with Crippen LogP contribution in [0, 0.1) is 6.92 Å². The van der Waals surface area contributed by atoms with Crippen molar-refractivity contribution in [1.82, 2.24) is 14.8 Å². The Morgan fingerprint density at radius 3 is 2.04 bits per heavy atom. The van der Waals surface area contributed by atoms with E-state index in [9.17, 15) is 8.42 Å². The second kappa shape index (κ2) is 6.34. The zero-order chi connectivity index (χ0) is 16.3. The van der Waals surface area contributed by atoms with Gasteiger partial charge in [-0.25, -0.2) is 8.42 Å². The molecule has 0 saturated carbocycles. The third-order valence-corrected chi connectivity index (χ3v) is 5.13. The van der Waals surface area contributed by atoms with Crippen molar-refractivity contribution in [2.45, 2.75) is 24.4 Å². The minimum absolute atomic E-state index is 0.0164. The van der Waals surface area contributed by atoms with E-state index in [0.29, 0.717) is 12.4 Å². The Hall–Kier alpha value is -2.47. The first kappa shape index (κ1) is 15.4. The summed E-state index contributed by atoms with van der Waals surface area (Å²) in [6.45, 7) is 2.19. The average molecular weight is 327 g/mol. The van der Waals surface area contributed by atoms with Crippen molar-refractivity contribution in [2.24, 2.45) is 0 Å². The predicted molar refractivity (Wildman–Crippen MR) is 87.6 cm³/mol. The first-order valence-electron chi connectivity index (χ1n) is 7.27. The van der Waals surface area contributed by atoms with Gasteiger partial charge in [0.05, 0.1) is 12.3 Å². The molecule has 118 valence electrons. The van der Waals surface area contributed by atoms with Crippen LogP contribution in [0.5, 0.6) is 0 Å². The number of aromatic nitrogens is 3. The van der Waals surface area contributed by atoms with Crippen LogP contribution in [-0.4, -0.2) is 23.2 Å². The standard InChI is InChI=1S/C17H17N3O2S/c1-14-18-19-17(20(14)12-15-8-4-2-5-9-15)23(21,22)13-16-10-6-3-7-11-16/h2-11H,12-13H2,1H3. The lowest BCUT2D eigenvalue weighted by Crippen LogP contribution is -2.14. The molecule has 0 bridgehead atoms. The zero-order valence-electron chi connectivity index (χ0n) is 12.8. The lowest BCUT2D eigenvalue weighted by Gasteiger charge is -2.09. The van der Waals surface area contributed by atoms with Gasteiger partial charge in [0.25, 0.3) is 0 Å². The summed E-state index contributed by atoms with van der Waals surface area (Å²) in [4.78, 5) is 0. The fourth-order valence-corrected chi connectivity index (χ4v) is 3.86. The number of hydrogen-bond donors (Lipinski definition) is 0. The highest BCUT2D eigenvalue weighted by atomic mass is 32.2. The molecule has 3 rings (SSSR count). The van der Waals surface area contributed by atoms with Crippen LogP contribution in [0.4, 0.5) is 0 Å². The molecule has 0 spiro atoms. The molecule has 0 fully saturated rings. The minimum Gasteiger partial charge on any atom is -0.298 e. The van der Waals surface area contributed by atoms with E-state index >= 15 is 0 Å². The minimum atomic E-state index is -3.55. The van der Waals surface area contributed by atoms with E-state index in [1.54, 1.807) is 23.6 Å². The number of hydrogen-bond acceptors (Lipinski definition) is 4. The average Bonchev–Trinajstić information content (AvgIpc) is 2.91. The van der Waals surface area contributed by atoms with E-state index in [1.165, 1.54) is 0 Å². The summed E-state index contributed by atoms with van der Waals surface area (Å²) < 4.78 is 27.1. The highest BCUT2D eigenvalue weighted by Gasteiger charge is 2.24. The largest absolute Gasteiger partial charge is 0.298 e. The first-order chi connectivity index (χ1) is 11.1. The predicted octanol–water partition coefficient (Wildman–Crippen LogP) is 2.61. The van der Waals surface area contributed by atoms with Gasteiger partial charge in [0, 0.05) is 0 Å². The van der Waals surface area contributed by atoms with E-state index in [1.807, 2.05) is 48.5 Å². The second-order valence-electron chi connectivity index (χ2n) is 5.35. The highest BCUT2D eigenvalue weighted by molar-refractivity contribution is 7.90. The molecule has 1 aromatic heterocycles. The van der Waals surface area contributed by atoms with Crippen LogP contribution in [0.3, 0.4) is 0 Å². The monoisotopic (exact) mass is 327 g/mol. The Balaban J connectivity index is 1.94. The van der Waals surface area contributed by atoms with Crippen molar-refractivity contribution in [3.63, 3.8) is 0 Å². The van der Waals surface area contributed by atoms with E-state index in [-0.39, 0.29) is 10.9 Å². The fraction of sp³-hybridized carbons (Fsp3) is 0.176. The molecule has 6 heteroatoms. The van der Waals surface area contributed by atoms with Gasteiger partial charge in [0.1, 0.15) is 5.82 Å². The molecule has 3 aromatic rings. The molecule has 0 aliphatic carbocycles. The van der Waals surface area contributed by atoms with Crippen LogP contribution >= 0.6 is 0 Å². The molecule has 0 unspecified atom stereocenters. The van der Waals surface area contributed by atoms with Gasteiger partial charge in [-0.15, -0.1) is 10.2 Å². The molecule has 0 aliphatic heterocycles. The maximum atomic E-state index is 12.7. The molecule has 0 atom stereocenters. The van der Waals surface area contributed by atoms with Crippen molar-refractivity contribution in [2.75, 3.05) is 0 Å². The number of aryl methyl sites for hydroxylation is 1. The van der Waals surface area contributed by atoms with Gasteiger partial charge in [0.2, 0.25) is 15.0 Å². The van der Waals surface area contributed by atoms with Crippen LogP contribution in [0.2, 0.25) is 0 Å². The summed E-state index contributed by atoms with van der Waals surface area (Å²) in [5, 5.41) is 7.88. The lowest BCUT2D eigenvalue weighted by atomic mass is 10.2. The van der Waals surface area contributed by atoms with E-state index in [2.05, 4.69) is 10.2 Å². The topological polar surface area (TPSA) is 64.8 Å². The third kappa shape index (κ3) is 3.48. The molecule has 2 aromatic carbocycles. The van der Waals surface area contributed by atoms with Crippen LogP contribution in [0.1, 0.15) is 17.0 Å². The molecule has 0 saturated heterocycles. The Labute approximate surface area is 135 Å². The first-order valence-corrected chi connectivity index (χ1v) is 8.92. The van der Waals surface area contributed by atoms with Crippen LogP contribution in [0.15, 0.2) is 65.8 Å². The van der Waals surface area contributed by atoms with E-state index < -0.39 is 9.84 Å². The summed E-state index contributed by atoms with van der Waals surface area (Å²) in [6, 6.07) is 18.8.